The molecule has 0 amide bonds. The van der Waals surface area contributed by atoms with Crippen LogP contribution in [0.3, 0.4) is 0 Å². The number of aryl methyl sites for hydroxylation is 1. The van der Waals surface area contributed by atoms with Crippen molar-refractivity contribution in [1.82, 2.24) is 9.97 Å². The van der Waals surface area contributed by atoms with Crippen LogP contribution in [0.1, 0.15) is 5.56 Å². The van der Waals surface area contributed by atoms with Crippen LogP contribution in [0.5, 0.6) is 0 Å². The van der Waals surface area contributed by atoms with Crippen molar-refractivity contribution < 1.29 is 0 Å². The number of nitrogens with two attached hydrogens (primary N) is 1. The smallest absolute Gasteiger partial charge is 0.136 e. The molecule has 5 heteroatoms. The number of thiophene rings is 1. The molecule has 0 aliphatic rings. The number of rotatable bonds is 1. The van der Waals surface area contributed by atoms with Crippen LogP contribution in [0.2, 0.25) is 0 Å². The fourth-order valence-electron chi connectivity index (χ4n) is 1.50. The van der Waals surface area contributed by atoms with Gasteiger partial charge in [-0.1, -0.05) is 0 Å². The average Bonchev–Trinajstić information content (AvgIpc) is 2.84. The first kappa shape index (κ1) is 9.74. The number of anilines is 1. The Morgan fingerprint density at radius 2 is 2.25 bits per heavy atom. The van der Waals surface area contributed by atoms with E-state index in [-0.39, 0.29) is 0 Å². The highest BCUT2D eigenvalue weighted by Crippen LogP contribution is 2.38. The highest BCUT2D eigenvalue weighted by Gasteiger charge is 2.12. The molecule has 3 aromatic rings. The van der Waals surface area contributed by atoms with Crippen LogP contribution in [0.15, 0.2) is 23.8 Å². The third-order valence-electron chi connectivity index (χ3n) is 2.41. The largest absolute Gasteiger partial charge is 0.397 e. The number of aromatic nitrogens is 2. The Labute approximate surface area is 101 Å². The maximum absolute atomic E-state index is 6.02. The number of fused-ring (bicyclic) bond motifs is 1. The number of hydrogen-bond acceptors (Lipinski definition) is 5. The van der Waals surface area contributed by atoms with Gasteiger partial charge in [0, 0.05) is 6.20 Å². The summed E-state index contributed by atoms with van der Waals surface area (Å²) in [5, 5.41) is 3.05. The summed E-state index contributed by atoms with van der Waals surface area (Å²) in [5.41, 5.74) is 8.92. The summed E-state index contributed by atoms with van der Waals surface area (Å²) in [7, 11) is 0. The first-order chi connectivity index (χ1) is 7.75. The Kier molecular flexibility index (Phi) is 2.15. The van der Waals surface area contributed by atoms with E-state index in [1.807, 2.05) is 13.0 Å². The third-order valence-corrected chi connectivity index (χ3v) is 4.71. The van der Waals surface area contributed by atoms with E-state index in [1.165, 1.54) is 0 Å². The fourth-order valence-corrected chi connectivity index (χ4v) is 3.51. The fraction of sp³-hybridized carbons (Fsp3) is 0.0909. The quantitative estimate of drug-likeness (QED) is 0.717. The molecule has 0 fully saturated rings. The lowest BCUT2D eigenvalue weighted by atomic mass is 10.3. The molecule has 0 radical (unpaired) electrons. The normalized spacial score (nSPS) is 11.1. The molecule has 2 N–H and O–H groups in total. The van der Waals surface area contributed by atoms with Crippen molar-refractivity contribution >= 4 is 38.6 Å². The Balaban J connectivity index is 2.23. The zero-order valence-corrected chi connectivity index (χ0v) is 10.2. The molecular weight excluding hydrogens is 238 g/mol. The molecule has 0 saturated carbocycles. The molecule has 3 rings (SSSR count). The maximum atomic E-state index is 6.02. The highest BCUT2D eigenvalue weighted by molar-refractivity contribution is 7.25. The summed E-state index contributed by atoms with van der Waals surface area (Å²) in [6, 6.07) is 1.98. The molecule has 0 unspecified atom stereocenters. The zero-order chi connectivity index (χ0) is 11.1. The summed E-state index contributed by atoms with van der Waals surface area (Å²) >= 11 is 3.30. The van der Waals surface area contributed by atoms with Gasteiger partial charge in [0.15, 0.2) is 0 Å². The number of thiazole rings is 1. The summed E-state index contributed by atoms with van der Waals surface area (Å²) in [6.07, 6.45) is 3.57. The summed E-state index contributed by atoms with van der Waals surface area (Å²) in [6.45, 7) is 2.02. The minimum absolute atomic E-state index is 0.844. The minimum Gasteiger partial charge on any atom is -0.397 e. The number of nitrogens with zero attached hydrogens (tertiary/aromatic N) is 2. The van der Waals surface area contributed by atoms with Gasteiger partial charge in [-0.05, 0) is 23.9 Å². The van der Waals surface area contributed by atoms with Gasteiger partial charge in [0.05, 0.1) is 21.5 Å². The SMILES string of the molecule is Cc1csc(-c2nc3cnccc3s2)c1N. The minimum atomic E-state index is 0.844. The Bertz CT molecular complexity index is 621. The molecule has 0 aliphatic carbocycles. The van der Waals surface area contributed by atoms with Crippen LogP contribution in [-0.4, -0.2) is 9.97 Å². The van der Waals surface area contributed by atoms with Crippen molar-refractivity contribution in [3.05, 3.63) is 29.4 Å². The molecule has 16 heavy (non-hydrogen) atoms. The van der Waals surface area contributed by atoms with Crippen LogP contribution in [0, 0.1) is 6.92 Å². The van der Waals surface area contributed by atoms with Gasteiger partial charge in [-0.2, -0.15) is 0 Å². The molecule has 3 heterocycles. The Morgan fingerprint density at radius 1 is 1.38 bits per heavy atom. The third kappa shape index (κ3) is 1.40. The average molecular weight is 247 g/mol. The van der Waals surface area contributed by atoms with E-state index in [0.717, 1.165) is 31.4 Å². The molecule has 0 aliphatic heterocycles. The van der Waals surface area contributed by atoms with Crippen molar-refractivity contribution in [2.24, 2.45) is 0 Å². The molecule has 80 valence electrons. The lowest BCUT2D eigenvalue weighted by Gasteiger charge is -1.93. The number of hydrogen-bond donors (Lipinski definition) is 1. The van der Waals surface area contributed by atoms with Crippen LogP contribution >= 0.6 is 22.7 Å². The monoisotopic (exact) mass is 247 g/mol. The zero-order valence-electron chi connectivity index (χ0n) is 8.60. The van der Waals surface area contributed by atoms with Gasteiger partial charge in [-0.3, -0.25) is 4.98 Å². The predicted octanol–water partition coefficient (Wildman–Crippen LogP) is 3.31. The molecule has 0 spiro atoms. The lowest BCUT2D eigenvalue weighted by Crippen LogP contribution is -1.86. The molecule has 3 aromatic heterocycles. The Hall–Kier alpha value is -1.46. The molecule has 0 aromatic carbocycles. The molecule has 0 saturated heterocycles. The Morgan fingerprint density at radius 3 is 2.94 bits per heavy atom. The van der Waals surface area contributed by atoms with Crippen molar-refractivity contribution in [2.45, 2.75) is 6.92 Å². The molecule has 3 nitrogen and oxygen atoms in total. The van der Waals surface area contributed by atoms with E-state index in [4.69, 9.17) is 5.73 Å². The van der Waals surface area contributed by atoms with Crippen molar-refractivity contribution in [3.8, 4) is 9.88 Å². The summed E-state index contributed by atoms with van der Waals surface area (Å²) in [5.74, 6) is 0. The van der Waals surface area contributed by atoms with Gasteiger partial charge in [-0.15, -0.1) is 22.7 Å². The van der Waals surface area contributed by atoms with E-state index in [0.29, 0.717) is 0 Å². The van der Waals surface area contributed by atoms with E-state index in [1.54, 1.807) is 35.1 Å². The second kappa shape index (κ2) is 3.54. The topological polar surface area (TPSA) is 51.8 Å². The summed E-state index contributed by atoms with van der Waals surface area (Å²) in [4.78, 5) is 9.68. The van der Waals surface area contributed by atoms with Gasteiger partial charge in [-0.25, -0.2) is 4.98 Å². The van der Waals surface area contributed by atoms with E-state index in [9.17, 15) is 0 Å². The number of nitrogen functional groups attached to an aromatic ring is 1. The molecule has 0 atom stereocenters. The van der Waals surface area contributed by atoms with Crippen LogP contribution in [0.4, 0.5) is 5.69 Å². The van der Waals surface area contributed by atoms with Crippen molar-refractivity contribution in [3.63, 3.8) is 0 Å². The van der Waals surface area contributed by atoms with Crippen LogP contribution in [-0.2, 0) is 0 Å². The van der Waals surface area contributed by atoms with E-state index in [2.05, 4.69) is 15.3 Å². The van der Waals surface area contributed by atoms with E-state index >= 15 is 0 Å². The first-order valence-electron chi connectivity index (χ1n) is 4.80. The second-order valence-electron chi connectivity index (χ2n) is 3.52. The highest BCUT2D eigenvalue weighted by atomic mass is 32.1. The van der Waals surface area contributed by atoms with Gasteiger partial charge in [0.1, 0.15) is 10.5 Å². The van der Waals surface area contributed by atoms with Crippen LogP contribution < -0.4 is 5.73 Å². The van der Waals surface area contributed by atoms with Gasteiger partial charge >= 0.3 is 0 Å². The van der Waals surface area contributed by atoms with E-state index < -0.39 is 0 Å². The van der Waals surface area contributed by atoms with Crippen molar-refractivity contribution in [2.75, 3.05) is 5.73 Å². The predicted molar refractivity (Wildman–Crippen MR) is 69.9 cm³/mol. The van der Waals surface area contributed by atoms with Crippen LogP contribution in [0.25, 0.3) is 20.1 Å². The summed E-state index contributed by atoms with van der Waals surface area (Å²) < 4.78 is 1.15. The molecular formula is C11H9N3S2. The number of pyridine rings is 1. The first-order valence-corrected chi connectivity index (χ1v) is 6.50. The molecule has 0 bridgehead atoms. The second-order valence-corrected chi connectivity index (χ2v) is 5.43. The van der Waals surface area contributed by atoms with Gasteiger partial charge in [0.2, 0.25) is 0 Å². The van der Waals surface area contributed by atoms with Gasteiger partial charge < -0.3 is 5.73 Å². The maximum Gasteiger partial charge on any atom is 0.136 e. The van der Waals surface area contributed by atoms with Crippen molar-refractivity contribution in [1.29, 1.82) is 0 Å². The van der Waals surface area contributed by atoms with Gasteiger partial charge in [0.25, 0.3) is 0 Å². The lowest BCUT2D eigenvalue weighted by molar-refractivity contribution is 1.34. The standard InChI is InChI=1S/C11H9N3S2/c1-6-5-15-10(9(6)12)11-14-7-4-13-3-2-8(7)16-11/h2-5H,12H2,1H3.